The van der Waals surface area contributed by atoms with Gasteiger partial charge in [-0.3, -0.25) is 14.3 Å². The van der Waals surface area contributed by atoms with Gasteiger partial charge >= 0.3 is 0 Å². The zero-order valence-corrected chi connectivity index (χ0v) is 17.7. The molecule has 1 saturated heterocycles. The van der Waals surface area contributed by atoms with Gasteiger partial charge in [0, 0.05) is 36.7 Å². The number of aromatic nitrogens is 2. The van der Waals surface area contributed by atoms with Gasteiger partial charge in [0.1, 0.15) is 5.54 Å². The molecule has 1 aromatic heterocycles. The lowest BCUT2D eigenvalue weighted by Gasteiger charge is -2.36. The highest BCUT2D eigenvalue weighted by atomic mass is 35.5. The number of nitrogens with one attached hydrogen (secondary N) is 2. The highest BCUT2D eigenvalue weighted by molar-refractivity contribution is 5.98. The quantitative estimate of drug-likeness (QED) is 0.632. The normalized spacial score (nSPS) is 14.8. The summed E-state index contributed by atoms with van der Waals surface area (Å²) in [5, 5.41) is 10.6. The van der Waals surface area contributed by atoms with Gasteiger partial charge in [-0.05, 0) is 56.3 Å². The number of carbonyl (C=O) groups is 2. The first kappa shape index (κ1) is 23.4. The van der Waals surface area contributed by atoms with Gasteiger partial charge in [0.05, 0.1) is 0 Å². The number of benzene rings is 1. The molecule has 8 heteroatoms. The van der Waals surface area contributed by atoms with Crippen LogP contribution in [0.4, 0.5) is 5.69 Å². The molecule has 0 spiro atoms. The highest BCUT2D eigenvalue weighted by Crippen LogP contribution is 2.28. The first-order valence-corrected chi connectivity index (χ1v) is 9.74. The molecule has 0 aliphatic carbocycles. The van der Waals surface area contributed by atoms with Crippen LogP contribution in [-0.2, 0) is 10.3 Å². The topological polar surface area (TPSA) is 79.3 Å². The van der Waals surface area contributed by atoms with E-state index in [1.807, 2.05) is 12.3 Å². The summed E-state index contributed by atoms with van der Waals surface area (Å²) in [5.41, 5.74) is 0.486. The number of carbonyl (C=O) groups excluding carboxylic acids is 2. The number of halogens is 1. The van der Waals surface area contributed by atoms with Crippen LogP contribution < -0.4 is 10.6 Å². The van der Waals surface area contributed by atoms with E-state index in [0.29, 0.717) is 37.2 Å². The Morgan fingerprint density at radius 1 is 1.17 bits per heavy atom. The maximum absolute atomic E-state index is 13.2. The molecule has 2 aromatic rings. The van der Waals surface area contributed by atoms with Crippen molar-refractivity contribution in [1.82, 2.24) is 20.0 Å². The molecule has 0 radical (unpaired) electrons. The van der Waals surface area contributed by atoms with Crippen LogP contribution in [0.25, 0.3) is 0 Å². The Labute approximate surface area is 183 Å². The number of amides is 2. The van der Waals surface area contributed by atoms with Gasteiger partial charge in [-0.15, -0.1) is 25.6 Å². The molecule has 1 aliphatic heterocycles. The minimum absolute atomic E-state index is 0. The molecule has 3 rings (SSSR count). The van der Waals surface area contributed by atoms with Crippen LogP contribution >= 0.6 is 12.4 Å². The van der Waals surface area contributed by atoms with Gasteiger partial charge in [-0.1, -0.05) is 12.2 Å². The molecule has 0 unspecified atom stereocenters. The first-order chi connectivity index (χ1) is 14.1. The Hall–Kier alpha value is -2.90. The lowest BCUT2D eigenvalue weighted by molar-refractivity contribution is -0.126. The molecule has 1 aliphatic rings. The van der Waals surface area contributed by atoms with Crippen molar-refractivity contribution in [3.8, 4) is 0 Å². The zero-order chi connectivity index (χ0) is 20.7. The zero-order valence-electron chi connectivity index (χ0n) is 16.9. The Morgan fingerprint density at radius 2 is 1.80 bits per heavy atom. The molecule has 7 nitrogen and oxygen atoms in total. The summed E-state index contributed by atoms with van der Waals surface area (Å²) in [7, 11) is 0. The van der Waals surface area contributed by atoms with Crippen LogP contribution in [0.1, 0.15) is 23.2 Å². The van der Waals surface area contributed by atoms with E-state index in [4.69, 9.17) is 0 Å². The van der Waals surface area contributed by atoms with E-state index in [9.17, 15) is 9.59 Å². The fourth-order valence-electron chi connectivity index (χ4n) is 3.60. The molecule has 2 heterocycles. The van der Waals surface area contributed by atoms with Gasteiger partial charge in [0.15, 0.2) is 0 Å². The van der Waals surface area contributed by atoms with Crippen LogP contribution in [0.15, 0.2) is 68.0 Å². The maximum Gasteiger partial charge on any atom is 0.254 e. The van der Waals surface area contributed by atoms with Crippen molar-refractivity contribution < 1.29 is 9.59 Å². The molecule has 0 bridgehead atoms. The molecular formula is C22H28ClN5O2. The third-order valence-corrected chi connectivity index (χ3v) is 5.17. The minimum atomic E-state index is -0.714. The summed E-state index contributed by atoms with van der Waals surface area (Å²) in [6.45, 7) is 9.78. The van der Waals surface area contributed by atoms with Gasteiger partial charge < -0.3 is 15.5 Å². The van der Waals surface area contributed by atoms with Gasteiger partial charge in [0.2, 0.25) is 0 Å². The average molecular weight is 430 g/mol. The van der Waals surface area contributed by atoms with Crippen molar-refractivity contribution in [2.45, 2.75) is 18.4 Å². The van der Waals surface area contributed by atoms with E-state index >= 15 is 0 Å². The van der Waals surface area contributed by atoms with Crippen LogP contribution in [0.2, 0.25) is 0 Å². The number of rotatable bonds is 8. The molecule has 2 amide bonds. The second kappa shape index (κ2) is 10.8. The molecule has 30 heavy (non-hydrogen) atoms. The summed E-state index contributed by atoms with van der Waals surface area (Å²) in [5.74, 6) is -0.198. The third kappa shape index (κ3) is 4.98. The van der Waals surface area contributed by atoms with Crippen LogP contribution in [0.3, 0.4) is 0 Å². The van der Waals surface area contributed by atoms with Crippen molar-refractivity contribution in [2.24, 2.45) is 0 Å². The van der Waals surface area contributed by atoms with Crippen molar-refractivity contribution >= 4 is 29.9 Å². The van der Waals surface area contributed by atoms with Crippen LogP contribution in [-0.4, -0.2) is 52.7 Å². The lowest BCUT2D eigenvalue weighted by atomic mass is 9.87. The molecule has 160 valence electrons. The van der Waals surface area contributed by atoms with Crippen LogP contribution in [0, 0.1) is 0 Å². The van der Waals surface area contributed by atoms with E-state index in [2.05, 4.69) is 28.9 Å². The van der Waals surface area contributed by atoms with Crippen molar-refractivity contribution in [3.05, 3.63) is 73.6 Å². The number of piperidine rings is 1. The molecular weight excluding hydrogens is 402 g/mol. The summed E-state index contributed by atoms with van der Waals surface area (Å²) in [4.78, 5) is 27.5. The van der Waals surface area contributed by atoms with E-state index in [1.54, 1.807) is 52.2 Å². The standard InChI is InChI=1S/C22H27N5O2.ClH/c1-3-15-26(16-4-2)20(28)18-6-8-19(9-7-18)25-21(29)22(10-13-23-14-11-22)27-17-5-12-24-27;/h3-9,12,17,23H,1-2,10-11,13-16H2,(H,25,29);1H. The third-order valence-electron chi connectivity index (χ3n) is 5.17. The van der Waals surface area contributed by atoms with Gasteiger partial charge in [-0.25, -0.2) is 0 Å². The van der Waals surface area contributed by atoms with Gasteiger partial charge in [-0.2, -0.15) is 5.10 Å². The van der Waals surface area contributed by atoms with Gasteiger partial charge in [0.25, 0.3) is 11.8 Å². The first-order valence-electron chi connectivity index (χ1n) is 9.74. The summed E-state index contributed by atoms with van der Waals surface area (Å²) in [6.07, 6.45) is 8.22. The van der Waals surface area contributed by atoms with Crippen molar-refractivity contribution in [2.75, 3.05) is 31.5 Å². The Balaban J connectivity index is 0.00000320. The SMILES string of the molecule is C=CCN(CC=C)C(=O)c1ccc(NC(=O)C2(n3cccn3)CCNCC2)cc1.Cl. The number of hydrogen-bond donors (Lipinski definition) is 2. The number of nitrogens with zero attached hydrogens (tertiary/aromatic N) is 3. The average Bonchev–Trinajstić information content (AvgIpc) is 3.29. The molecule has 1 aromatic carbocycles. The van der Waals surface area contributed by atoms with Crippen LogP contribution in [0.5, 0.6) is 0 Å². The minimum Gasteiger partial charge on any atom is -0.331 e. The fourth-order valence-corrected chi connectivity index (χ4v) is 3.60. The number of hydrogen-bond acceptors (Lipinski definition) is 4. The van der Waals surface area contributed by atoms with E-state index in [0.717, 1.165) is 13.1 Å². The molecule has 0 atom stereocenters. The smallest absolute Gasteiger partial charge is 0.254 e. The van der Waals surface area contributed by atoms with E-state index in [1.165, 1.54) is 0 Å². The largest absolute Gasteiger partial charge is 0.331 e. The second-order valence-corrected chi connectivity index (χ2v) is 7.05. The molecule has 2 N–H and O–H groups in total. The van der Waals surface area contributed by atoms with Crippen molar-refractivity contribution in [1.29, 1.82) is 0 Å². The Morgan fingerprint density at radius 3 is 2.33 bits per heavy atom. The molecule has 0 saturated carbocycles. The number of anilines is 1. The summed E-state index contributed by atoms with van der Waals surface area (Å²) >= 11 is 0. The lowest BCUT2D eigenvalue weighted by Crippen LogP contribution is -2.52. The molecule has 1 fully saturated rings. The monoisotopic (exact) mass is 429 g/mol. The maximum atomic E-state index is 13.2. The van der Waals surface area contributed by atoms with E-state index in [-0.39, 0.29) is 24.2 Å². The Bertz CT molecular complexity index is 848. The summed E-state index contributed by atoms with van der Waals surface area (Å²) < 4.78 is 1.75. The Kier molecular flexibility index (Phi) is 8.38. The van der Waals surface area contributed by atoms with Crippen molar-refractivity contribution in [3.63, 3.8) is 0 Å². The predicted octanol–water partition coefficient (Wildman–Crippen LogP) is 2.84. The summed E-state index contributed by atoms with van der Waals surface area (Å²) in [6, 6.07) is 8.78. The second-order valence-electron chi connectivity index (χ2n) is 7.05. The highest BCUT2D eigenvalue weighted by Gasteiger charge is 2.42. The van der Waals surface area contributed by atoms with E-state index < -0.39 is 5.54 Å². The fraction of sp³-hybridized carbons (Fsp3) is 0.318. The predicted molar refractivity (Wildman–Crippen MR) is 121 cm³/mol.